The molecule has 0 aromatic heterocycles. The molecule has 1 fully saturated rings. The average Bonchev–Trinajstić information content (AvgIpc) is 2.68. The lowest BCUT2D eigenvalue weighted by Crippen LogP contribution is -2.38. The van der Waals surface area contributed by atoms with Gasteiger partial charge >= 0.3 is 0 Å². The smallest absolute Gasteiger partial charge is 0.253 e. The van der Waals surface area contributed by atoms with E-state index in [2.05, 4.69) is 0 Å². The van der Waals surface area contributed by atoms with Gasteiger partial charge in [-0.1, -0.05) is 6.07 Å². The largest absolute Gasteiger partial charge is 0.493 e. The number of ether oxygens (including phenoxy) is 1. The Labute approximate surface area is 160 Å². The van der Waals surface area contributed by atoms with E-state index < -0.39 is 0 Å². The number of piperidine rings is 1. The second-order valence-electron chi connectivity index (χ2n) is 7.27. The molecule has 0 atom stereocenters. The van der Waals surface area contributed by atoms with E-state index in [-0.39, 0.29) is 11.7 Å². The summed E-state index contributed by atoms with van der Waals surface area (Å²) >= 11 is 0. The summed E-state index contributed by atoms with van der Waals surface area (Å²) in [5, 5.41) is 0. The van der Waals surface area contributed by atoms with Crippen LogP contribution in [0, 0.1) is 11.7 Å². The fourth-order valence-corrected chi connectivity index (χ4v) is 3.41. The van der Waals surface area contributed by atoms with Crippen molar-refractivity contribution in [2.75, 3.05) is 38.7 Å². The van der Waals surface area contributed by atoms with Gasteiger partial charge in [0, 0.05) is 44.5 Å². The van der Waals surface area contributed by atoms with Gasteiger partial charge in [0.15, 0.2) is 0 Å². The van der Waals surface area contributed by atoms with Gasteiger partial charge in [-0.25, -0.2) is 4.39 Å². The number of rotatable bonds is 6. The van der Waals surface area contributed by atoms with E-state index in [9.17, 15) is 9.18 Å². The zero-order valence-electron chi connectivity index (χ0n) is 16.0. The molecule has 0 unspecified atom stereocenters. The van der Waals surface area contributed by atoms with Crippen LogP contribution < -0.4 is 9.64 Å². The predicted molar refractivity (Wildman–Crippen MR) is 106 cm³/mol. The van der Waals surface area contributed by atoms with Gasteiger partial charge in [-0.2, -0.15) is 0 Å². The van der Waals surface area contributed by atoms with Crippen LogP contribution in [0.3, 0.4) is 0 Å². The number of nitrogens with zero attached hydrogens (tertiary/aromatic N) is 2. The van der Waals surface area contributed by atoms with Crippen molar-refractivity contribution in [2.24, 2.45) is 5.92 Å². The number of benzene rings is 2. The van der Waals surface area contributed by atoms with Gasteiger partial charge in [0.05, 0.1) is 6.61 Å². The second-order valence-corrected chi connectivity index (χ2v) is 7.27. The zero-order valence-corrected chi connectivity index (χ0v) is 16.0. The summed E-state index contributed by atoms with van der Waals surface area (Å²) < 4.78 is 18.8. The maximum atomic E-state index is 13.1. The molecular weight excluding hydrogens is 343 g/mol. The molecule has 0 aliphatic carbocycles. The molecule has 0 saturated carbocycles. The first-order valence-corrected chi connectivity index (χ1v) is 9.48. The van der Waals surface area contributed by atoms with E-state index in [1.807, 2.05) is 48.2 Å². The van der Waals surface area contributed by atoms with E-state index in [0.29, 0.717) is 18.3 Å². The third-order valence-corrected chi connectivity index (χ3v) is 5.12. The Kier molecular flexibility index (Phi) is 6.32. The Morgan fingerprint density at radius 2 is 1.85 bits per heavy atom. The lowest BCUT2D eigenvalue weighted by atomic mass is 9.93. The number of carbonyl (C=O) groups is 1. The minimum atomic E-state index is -0.280. The third kappa shape index (κ3) is 5.22. The third-order valence-electron chi connectivity index (χ3n) is 5.12. The molecule has 1 saturated heterocycles. The van der Waals surface area contributed by atoms with Crippen molar-refractivity contribution in [1.29, 1.82) is 0 Å². The van der Waals surface area contributed by atoms with E-state index >= 15 is 0 Å². The van der Waals surface area contributed by atoms with Crippen molar-refractivity contribution in [2.45, 2.75) is 19.3 Å². The maximum Gasteiger partial charge on any atom is 0.253 e. The number of hydrogen-bond acceptors (Lipinski definition) is 3. The van der Waals surface area contributed by atoms with Gasteiger partial charge in [-0.3, -0.25) is 4.79 Å². The van der Waals surface area contributed by atoms with Crippen LogP contribution in [0.5, 0.6) is 5.75 Å². The van der Waals surface area contributed by atoms with Crippen molar-refractivity contribution in [3.63, 3.8) is 0 Å². The summed E-state index contributed by atoms with van der Waals surface area (Å²) in [4.78, 5) is 16.6. The van der Waals surface area contributed by atoms with E-state index in [0.717, 1.165) is 43.6 Å². The van der Waals surface area contributed by atoms with E-state index in [4.69, 9.17) is 4.74 Å². The lowest BCUT2D eigenvalue weighted by Gasteiger charge is -2.32. The Morgan fingerprint density at radius 1 is 1.15 bits per heavy atom. The van der Waals surface area contributed by atoms with Crippen molar-refractivity contribution >= 4 is 11.6 Å². The van der Waals surface area contributed by atoms with Crippen molar-refractivity contribution in [1.82, 2.24) is 4.90 Å². The topological polar surface area (TPSA) is 32.8 Å². The number of hydrogen-bond donors (Lipinski definition) is 0. The molecule has 0 spiro atoms. The molecule has 1 aliphatic heterocycles. The van der Waals surface area contributed by atoms with Crippen molar-refractivity contribution in [3.05, 3.63) is 59.9 Å². The highest BCUT2D eigenvalue weighted by atomic mass is 19.1. The minimum Gasteiger partial charge on any atom is -0.493 e. The molecular formula is C22H27FN2O2. The van der Waals surface area contributed by atoms with Crippen LogP contribution in [0.1, 0.15) is 29.6 Å². The van der Waals surface area contributed by atoms with Crippen molar-refractivity contribution in [3.8, 4) is 5.75 Å². The van der Waals surface area contributed by atoms with Gasteiger partial charge in [-0.15, -0.1) is 0 Å². The van der Waals surface area contributed by atoms with E-state index in [1.165, 1.54) is 12.1 Å². The SMILES string of the molecule is CN(C)c1ccc(C(=O)N2CCC(CCOc3cccc(F)c3)CC2)cc1. The molecule has 1 heterocycles. The predicted octanol–water partition coefficient (Wildman–Crippen LogP) is 4.21. The van der Waals surface area contributed by atoms with Crippen LogP contribution in [0.15, 0.2) is 48.5 Å². The highest BCUT2D eigenvalue weighted by molar-refractivity contribution is 5.94. The summed E-state index contributed by atoms with van der Waals surface area (Å²) in [5.74, 6) is 0.940. The molecule has 0 radical (unpaired) electrons. The van der Waals surface area contributed by atoms with Gasteiger partial charge < -0.3 is 14.5 Å². The Balaban J connectivity index is 1.43. The summed E-state index contributed by atoms with van der Waals surface area (Å²) in [6.07, 6.45) is 2.89. The molecule has 2 aromatic carbocycles. The molecule has 144 valence electrons. The summed E-state index contributed by atoms with van der Waals surface area (Å²) in [6, 6.07) is 14.0. The fraction of sp³-hybridized carbons (Fsp3) is 0.409. The first-order valence-electron chi connectivity index (χ1n) is 9.48. The molecule has 0 bridgehead atoms. The number of amides is 1. The molecule has 0 N–H and O–H groups in total. The van der Waals surface area contributed by atoms with Gasteiger partial charge in [0.1, 0.15) is 11.6 Å². The maximum absolute atomic E-state index is 13.1. The fourth-order valence-electron chi connectivity index (χ4n) is 3.41. The van der Waals surface area contributed by atoms with Crippen molar-refractivity contribution < 1.29 is 13.9 Å². The van der Waals surface area contributed by atoms with Crippen LogP contribution in [0.4, 0.5) is 10.1 Å². The Hall–Kier alpha value is -2.56. The number of anilines is 1. The second kappa shape index (κ2) is 8.89. The molecule has 5 heteroatoms. The molecule has 4 nitrogen and oxygen atoms in total. The highest BCUT2D eigenvalue weighted by Crippen LogP contribution is 2.23. The standard InChI is InChI=1S/C22H27FN2O2/c1-24(2)20-8-6-18(7-9-20)22(26)25-13-10-17(11-14-25)12-15-27-21-5-3-4-19(23)16-21/h3-9,16-17H,10-15H2,1-2H3. The molecule has 2 aromatic rings. The van der Waals surface area contributed by atoms with Crippen LogP contribution in [0.2, 0.25) is 0 Å². The van der Waals surface area contributed by atoms with Crippen LogP contribution >= 0.6 is 0 Å². The molecule has 27 heavy (non-hydrogen) atoms. The minimum absolute atomic E-state index is 0.106. The van der Waals surface area contributed by atoms with Crippen LogP contribution in [-0.2, 0) is 0 Å². The van der Waals surface area contributed by atoms with Gasteiger partial charge in [0.2, 0.25) is 0 Å². The summed E-state index contributed by atoms with van der Waals surface area (Å²) in [6.45, 7) is 2.13. The first-order chi connectivity index (χ1) is 13.0. The summed E-state index contributed by atoms with van der Waals surface area (Å²) in [7, 11) is 3.97. The first kappa shape index (κ1) is 19.2. The quantitative estimate of drug-likeness (QED) is 0.763. The number of halogens is 1. The normalized spacial score (nSPS) is 14.9. The lowest BCUT2D eigenvalue weighted by molar-refractivity contribution is 0.0680. The number of carbonyl (C=O) groups excluding carboxylic acids is 1. The highest BCUT2D eigenvalue weighted by Gasteiger charge is 2.23. The van der Waals surface area contributed by atoms with Crippen LogP contribution in [0.25, 0.3) is 0 Å². The molecule has 1 aliphatic rings. The zero-order chi connectivity index (χ0) is 19.2. The Bertz CT molecular complexity index is 753. The van der Waals surface area contributed by atoms with Crippen LogP contribution in [-0.4, -0.2) is 44.6 Å². The number of likely N-dealkylation sites (tertiary alicyclic amines) is 1. The average molecular weight is 370 g/mol. The molecule has 3 rings (SSSR count). The van der Waals surface area contributed by atoms with Gasteiger partial charge in [-0.05, 0) is 61.6 Å². The van der Waals surface area contributed by atoms with E-state index in [1.54, 1.807) is 12.1 Å². The Morgan fingerprint density at radius 3 is 2.48 bits per heavy atom. The molecule has 1 amide bonds. The summed E-state index contributed by atoms with van der Waals surface area (Å²) in [5.41, 5.74) is 1.83. The monoisotopic (exact) mass is 370 g/mol. The van der Waals surface area contributed by atoms with Gasteiger partial charge in [0.25, 0.3) is 5.91 Å².